The van der Waals surface area contributed by atoms with Gasteiger partial charge in [-0.15, -0.1) is 0 Å². The maximum absolute atomic E-state index is 13.6. The second-order valence-electron chi connectivity index (χ2n) is 22.8. The fourth-order valence-corrected chi connectivity index (χ4v) is 12.3. The van der Waals surface area contributed by atoms with Crippen molar-refractivity contribution in [1.29, 1.82) is 0 Å². The van der Waals surface area contributed by atoms with Gasteiger partial charge in [0.25, 0.3) is 0 Å². The van der Waals surface area contributed by atoms with E-state index in [1.165, 1.54) is 18.1 Å². The zero-order valence-electron chi connectivity index (χ0n) is 49.2. The first-order valence-corrected chi connectivity index (χ1v) is 29.1. The van der Waals surface area contributed by atoms with Crippen molar-refractivity contribution in [3.05, 3.63) is 138 Å². The molecule has 15 nitrogen and oxygen atoms in total. The van der Waals surface area contributed by atoms with E-state index in [0.717, 1.165) is 87.1 Å². The van der Waals surface area contributed by atoms with Crippen LogP contribution in [0, 0.1) is 0 Å². The number of likely N-dealkylation sites (N-methyl/N-ethyl adjacent to an activating group) is 4. The summed E-state index contributed by atoms with van der Waals surface area (Å²) < 4.78 is 5.80. The molecule has 4 N–H and O–H groups in total. The quantitative estimate of drug-likeness (QED) is 0.0955. The van der Waals surface area contributed by atoms with Crippen LogP contribution >= 0.6 is 73.4 Å². The first-order valence-electron chi connectivity index (χ1n) is 27.6. The molecule has 0 unspecified atom stereocenters. The van der Waals surface area contributed by atoms with Gasteiger partial charge in [0.2, 0.25) is 23.6 Å². The van der Waals surface area contributed by atoms with Crippen LogP contribution in [0.2, 0.25) is 20.1 Å². The van der Waals surface area contributed by atoms with Crippen molar-refractivity contribution in [1.82, 2.24) is 40.4 Å². The summed E-state index contributed by atoms with van der Waals surface area (Å²) in [5, 5.41) is 19.5. The Hall–Kier alpha value is -4.27. The molecule has 452 valence electrons. The topological polar surface area (TPSA) is 167 Å². The third-order valence-corrected chi connectivity index (χ3v) is 17.9. The van der Waals surface area contributed by atoms with E-state index >= 15 is 0 Å². The number of carbonyl (C=O) groups is 5. The first-order chi connectivity index (χ1) is 37.7. The highest BCUT2D eigenvalue weighted by Gasteiger charge is 2.46. The molecule has 5 amide bonds. The Kier molecular flexibility index (Phi) is 25.9. The first kappa shape index (κ1) is 70.2. The number of aliphatic hydroxyl groups is 1. The van der Waals surface area contributed by atoms with Crippen molar-refractivity contribution in [2.24, 2.45) is 0 Å². The summed E-state index contributed by atoms with van der Waals surface area (Å²) in [6, 6.07) is 27.6. The summed E-state index contributed by atoms with van der Waals surface area (Å²) in [4.78, 5) is 73.0. The standard InChI is InChI=1S/C32H42Cl2N4O4.C27H34Cl2N4O2.C2H6O.2H2S/c1-22(39)36(5)21-32(24-11-12-26(33)27(34)20-24,37(6)29(41)42-30(2,3)4)15-18-38-16-13-31(14-17-38)25-10-8-7-9-23(25)19-28(40)35-31;1-19(34)32(3)18-27(30-2,21-8-9-23(28)24(29)17-21)12-15-33-13-10-26(11-14-33)22-7-5-4-6-20(22)16-25(35)31-26;1-2-3;;/h7-12,20H,13-19,21H2,1-6H3,(H,35,40);4-9,17,30H,10-16,18H2,1-3H3,(H,31,35);3H,2H2,1H3;2*1H2/t32-;27-;;;/m11.../s1. The van der Waals surface area contributed by atoms with E-state index in [9.17, 15) is 24.0 Å². The molecule has 8 rings (SSSR count). The smallest absolute Gasteiger partial charge is 0.410 e. The number of amides is 5. The zero-order chi connectivity index (χ0) is 58.8. The van der Waals surface area contributed by atoms with Gasteiger partial charge in [-0.2, -0.15) is 27.0 Å². The predicted octanol–water partition coefficient (Wildman–Crippen LogP) is 9.75. The average Bonchev–Trinajstić information content (AvgIpc) is 3.46. The molecular formula is C61H86Cl4N8O7S2. The van der Waals surface area contributed by atoms with Gasteiger partial charge in [0.05, 0.1) is 55.1 Å². The number of carbonyl (C=O) groups excluding carboxylic acids is 5. The molecule has 4 aromatic rings. The Balaban J connectivity index is 0.000000333. The zero-order valence-corrected chi connectivity index (χ0v) is 54.3. The van der Waals surface area contributed by atoms with E-state index in [1.807, 2.05) is 83.4 Å². The molecule has 2 atom stereocenters. The minimum absolute atomic E-state index is 0. The number of hydrogen-bond acceptors (Lipinski definition) is 10. The minimum Gasteiger partial charge on any atom is -0.444 e. The molecule has 4 aromatic carbocycles. The lowest BCUT2D eigenvalue weighted by Gasteiger charge is -2.48. The Morgan fingerprint density at radius 1 is 0.646 bits per heavy atom. The number of ether oxygens (including phenoxy) is 1. The minimum atomic E-state index is -0.961. The average molecular weight is 1250 g/mol. The number of benzene rings is 4. The molecule has 0 bridgehead atoms. The van der Waals surface area contributed by atoms with Crippen LogP contribution in [-0.2, 0) is 58.9 Å². The van der Waals surface area contributed by atoms with E-state index in [-0.39, 0.29) is 74.8 Å². The molecule has 2 saturated heterocycles. The van der Waals surface area contributed by atoms with Crippen LogP contribution in [0.25, 0.3) is 0 Å². The maximum Gasteiger partial charge on any atom is 0.410 e. The van der Waals surface area contributed by atoms with E-state index in [1.54, 1.807) is 54.8 Å². The highest BCUT2D eigenvalue weighted by atomic mass is 35.5. The Bertz CT molecular complexity index is 2850. The van der Waals surface area contributed by atoms with Crippen molar-refractivity contribution in [2.75, 3.05) is 87.2 Å². The second-order valence-corrected chi connectivity index (χ2v) is 24.5. The van der Waals surface area contributed by atoms with Gasteiger partial charge in [0.1, 0.15) is 5.60 Å². The monoisotopic (exact) mass is 1250 g/mol. The van der Waals surface area contributed by atoms with Crippen LogP contribution in [0.4, 0.5) is 4.79 Å². The van der Waals surface area contributed by atoms with Gasteiger partial charge in [0, 0.05) is 94.0 Å². The molecule has 4 heterocycles. The lowest BCUT2D eigenvalue weighted by molar-refractivity contribution is -0.130. The highest BCUT2D eigenvalue weighted by molar-refractivity contribution is 7.59. The SMILES string of the molecule is CC(=O)N(C)C[C@](CCN1CCC2(CC1)NC(=O)Cc1ccccc12)(c1ccc(Cl)c(Cl)c1)N(C)C(=O)OC(C)(C)C.CCO.CN[C@](CCN1CCC2(CC1)NC(=O)Cc1ccccc12)(CN(C)C(C)=O)c1ccc(Cl)c(Cl)c1.S.S. The van der Waals surface area contributed by atoms with Crippen LogP contribution in [0.1, 0.15) is 113 Å². The van der Waals surface area contributed by atoms with Crippen LogP contribution < -0.4 is 16.0 Å². The number of fused-ring (bicyclic) bond motifs is 4. The van der Waals surface area contributed by atoms with E-state index in [4.69, 9.17) is 56.2 Å². The van der Waals surface area contributed by atoms with Gasteiger partial charge in [-0.3, -0.25) is 24.1 Å². The summed E-state index contributed by atoms with van der Waals surface area (Å²) in [5.41, 5.74) is 3.70. The normalized spacial score (nSPS) is 17.6. The van der Waals surface area contributed by atoms with Gasteiger partial charge in [-0.05, 0) is 131 Å². The summed E-state index contributed by atoms with van der Waals surface area (Å²) >= 11 is 25.4. The number of piperidine rings is 2. The maximum atomic E-state index is 13.6. The number of nitrogens with one attached hydrogen (secondary N) is 3. The van der Waals surface area contributed by atoms with Crippen LogP contribution in [0.5, 0.6) is 0 Å². The molecule has 21 heteroatoms. The Morgan fingerprint density at radius 2 is 1.05 bits per heavy atom. The molecule has 82 heavy (non-hydrogen) atoms. The largest absolute Gasteiger partial charge is 0.444 e. The lowest BCUT2D eigenvalue weighted by Crippen LogP contribution is -2.58. The van der Waals surface area contributed by atoms with Gasteiger partial charge in [-0.1, -0.05) is 107 Å². The molecule has 0 aliphatic carbocycles. The van der Waals surface area contributed by atoms with Crippen molar-refractivity contribution < 1.29 is 33.8 Å². The molecule has 0 radical (unpaired) electrons. The molecule has 0 aromatic heterocycles. The summed E-state index contributed by atoms with van der Waals surface area (Å²) in [5.74, 6) is 0.0604. The lowest BCUT2D eigenvalue weighted by atomic mass is 9.75. The van der Waals surface area contributed by atoms with Crippen LogP contribution in [0.3, 0.4) is 0 Å². The summed E-state index contributed by atoms with van der Waals surface area (Å²) in [7, 11) is 7.19. The highest BCUT2D eigenvalue weighted by Crippen LogP contribution is 2.42. The molecule has 2 fully saturated rings. The van der Waals surface area contributed by atoms with E-state index in [0.29, 0.717) is 52.4 Å². The van der Waals surface area contributed by atoms with Crippen LogP contribution in [-0.4, -0.2) is 152 Å². The van der Waals surface area contributed by atoms with Gasteiger partial charge in [0.15, 0.2) is 0 Å². The van der Waals surface area contributed by atoms with E-state index in [2.05, 4.69) is 50.0 Å². The number of hydrogen-bond donors (Lipinski definition) is 4. The molecule has 4 aliphatic rings. The number of nitrogens with zero attached hydrogens (tertiary/aromatic N) is 5. The molecular weight excluding hydrogens is 1160 g/mol. The number of rotatable bonds is 14. The number of halogens is 4. The third-order valence-electron chi connectivity index (χ3n) is 16.4. The van der Waals surface area contributed by atoms with Crippen molar-refractivity contribution in [3.8, 4) is 0 Å². The van der Waals surface area contributed by atoms with Crippen molar-refractivity contribution >= 4 is 103 Å². The molecule has 2 spiro atoms. The van der Waals surface area contributed by atoms with Gasteiger partial charge in [-0.25, -0.2) is 4.79 Å². The Labute approximate surface area is 520 Å². The predicted molar refractivity (Wildman–Crippen MR) is 340 cm³/mol. The molecule has 4 aliphatic heterocycles. The van der Waals surface area contributed by atoms with Crippen LogP contribution in [0.15, 0.2) is 84.9 Å². The van der Waals surface area contributed by atoms with Crippen molar-refractivity contribution in [2.45, 2.75) is 121 Å². The fourth-order valence-electron chi connectivity index (χ4n) is 11.7. The fraction of sp³-hybridized carbons (Fsp3) is 0.525. The number of aliphatic hydroxyl groups excluding tert-OH is 1. The summed E-state index contributed by atoms with van der Waals surface area (Å²) in [6.45, 7) is 16.0. The Morgan fingerprint density at radius 3 is 1.46 bits per heavy atom. The molecule has 0 saturated carbocycles. The second kappa shape index (κ2) is 30.2. The number of likely N-dealkylation sites (tertiary alicyclic amines) is 2. The van der Waals surface area contributed by atoms with E-state index < -0.39 is 22.8 Å². The van der Waals surface area contributed by atoms with Crippen molar-refractivity contribution in [3.63, 3.8) is 0 Å². The van der Waals surface area contributed by atoms with Gasteiger partial charge < -0.3 is 45.4 Å². The van der Waals surface area contributed by atoms with Gasteiger partial charge >= 0.3 is 6.09 Å². The summed E-state index contributed by atoms with van der Waals surface area (Å²) in [6.07, 6.45) is 4.99. The third kappa shape index (κ3) is 17.0.